The molecule has 2 aromatic rings. The number of furan rings is 1. The third-order valence-corrected chi connectivity index (χ3v) is 4.85. The molecule has 2 aromatic heterocycles. The molecular formula is C18H21N3O3. The highest BCUT2D eigenvalue weighted by Crippen LogP contribution is 2.35. The SMILES string of the molecule is CC[C@H]1C[C@@H](Nc2ncncc2C(=O)c2cc(C=O)co2)C[C@@H]1C. The Morgan fingerprint density at radius 1 is 1.46 bits per heavy atom. The maximum Gasteiger partial charge on any atom is 0.233 e. The molecule has 1 fully saturated rings. The number of hydrogen-bond donors (Lipinski definition) is 1. The number of nitrogens with one attached hydrogen (secondary N) is 1. The lowest BCUT2D eigenvalue weighted by Crippen LogP contribution is -2.19. The molecule has 1 saturated carbocycles. The number of hydrogen-bond acceptors (Lipinski definition) is 6. The highest BCUT2D eigenvalue weighted by Gasteiger charge is 2.31. The van der Waals surface area contributed by atoms with E-state index in [-0.39, 0.29) is 11.5 Å². The molecule has 0 unspecified atom stereocenters. The molecule has 1 N–H and O–H groups in total. The number of carbonyl (C=O) groups is 2. The van der Waals surface area contributed by atoms with E-state index >= 15 is 0 Å². The molecule has 0 saturated heterocycles. The largest absolute Gasteiger partial charge is 0.460 e. The average molecular weight is 327 g/mol. The molecule has 3 atom stereocenters. The third kappa shape index (κ3) is 3.22. The van der Waals surface area contributed by atoms with Crippen LogP contribution in [-0.2, 0) is 0 Å². The number of rotatable bonds is 6. The van der Waals surface area contributed by atoms with Crippen LogP contribution >= 0.6 is 0 Å². The van der Waals surface area contributed by atoms with Gasteiger partial charge in [-0.25, -0.2) is 9.97 Å². The topological polar surface area (TPSA) is 85.1 Å². The molecule has 6 nitrogen and oxygen atoms in total. The van der Waals surface area contributed by atoms with Gasteiger partial charge in [0.1, 0.15) is 18.4 Å². The zero-order chi connectivity index (χ0) is 17.1. The zero-order valence-corrected chi connectivity index (χ0v) is 13.9. The van der Waals surface area contributed by atoms with Gasteiger partial charge in [0, 0.05) is 12.2 Å². The van der Waals surface area contributed by atoms with E-state index in [1.54, 1.807) is 0 Å². The van der Waals surface area contributed by atoms with E-state index < -0.39 is 0 Å². The Morgan fingerprint density at radius 3 is 2.96 bits per heavy atom. The van der Waals surface area contributed by atoms with Crippen LogP contribution in [-0.4, -0.2) is 28.1 Å². The molecule has 126 valence electrons. The first-order valence-corrected chi connectivity index (χ1v) is 8.27. The standard InChI is InChI=1S/C18H21N3O3/c1-3-13-6-14(4-11(13)2)21-18-15(7-19-10-20-18)17(23)16-5-12(8-22)9-24-16/h5,7-11,13-14H,3-4,6H2,1-2H3,(H,19,20,21)/t11-,13-,14-/m0/s1. The van der Waals surface area contributed by atoms with Gasteiger partial charge in [-0.1, -0.05) is 20.3 Å². The maximum atomic E-state index is 12.6. The van der Waals surface area contributed by atoms with Gasteiger partial charge in [0.05, 0.1) is 11.1 Å². The summed E-state index contributed by atoms with van der Waals surface area (Å²) in [6, 6.07) is 1.73. The van der Waals surface area contributed by atoms with Crippen LogP contribution in [0.5, 0.6) is 0 Å². The van der Waals surface area contributed by atoms with Gasteiger partial charge in [-0.05, 0) is 30.7 Å². The number of anilines is 1. The van der Waals surface area contributed by atoms with Gasteiger partial charge in [-0.2, -0.15) is 0 Å². The summed E-state index contributed by atoms with van der Waals surface area (Å²) in [5.74, 6) is 1.66. The molecule has 0 amide bonds. The molecule has 0 aromatic carbocycles. The molecule has 0 aliphatic heterocycles. The monoisotopic (exact) mass is 327 g/mol. The van der Waals surface area contributed by atoms with Crippen LogP contribution in [0.25, 0.3) is 0 Å². The van der Waals surface area contributed by atoms with Gasteiger partial charge in [0.2, 0.25) is 5.78 Å². The Bertz CT molecular complexity index is 741. The molecular weight excluding hydrogens is 306 g/mol. The van der Waals surface area contributed by atoms with Gasteiger partial charge in [-0.3, -0.25) is 9.59 Å². The van der Waals surface area contributed by atoms with E-state index in [1.165, 1.54) is 24.9 Å². The van der Waals surface area contributed by atoms with E-state index in [1.807, 2.05) is 0 Å². The second-order valence-corrected chi connectivity index (χ2v) is 6.43. The van der Waals surface area contributed by atoms with Crippen LogP contribution < -0.4 is 5.32 Å². The Balaban J connectivity index is 1.80. The molecule has 1 aliphatic rings. The molecule has 2 heterocycles. The quantitative estimate of drug-likeness (QED) is 0.647. The van der Waals surface area contributed by atoms with Crippen LogP contribution in [0.15, 0.2) is 29.3 Å². The molecule has 0 bridgehead atoms. The van der Waals surface area contributed by atoms with Crippen molar-refractivity contribution in [2.45, 2.75) is 39.2 Å². The first-order chi connectivity index (χ1) is 11.6. The Morgan fingerprint density at radius 2 is 2.29 bits per heavy atom. The normalized spacial score (nSPS) is 23.2. The third-order valence-electron chi connectivity index (χ3n) is 4.85. The van der Waals surface area contributed by atoms with Crippen LogP contribution in [0.2, 0.25) is 0 Å². The first-order valence-electron chi connectivity index (χ1n) is 8.27. The van der Waals surface area contributed by atoms with Gasteiger partial charge in [0.15, 0.2) is 12.0 Å². The Labute approximate surface area is 140 Å². The van der Waals surface area contributed by atoms with Crippen molar-refractivity contribution in [1.29, 1.82) is 0 Å². The summed E-state index contributed by atoms with van der Waals surface area (Å²) in [5.41, 5.74) is 0.692. The van der Waals surface area contributed by atoms with Gasteiger partial charge < -0.3 is 9.73 Å². The van der Waals surface area contributed by atoms with E-state index in [2.05, 4.69) is 29.1 Å². The lowest BCUT2D eigenvalue weighted by Gasteiger charge is -2.15. The summed E-state index contributed by atoms with van der Waals surface area (Å²) >= 11 is 0. The van der Waals surface area contributed by atoms with Crippen molar-refractivity contribution in [3.8, 4) is 0 Å². The predicted octanol–water partition coefficient (Wildman–Crippen LogP) is 3.35. The van der Waals surface area contributed by atoms with Crippen molar-refractivity contribution in [3.63, 3.8) is 0 Å². The second-order valence-electron chi connectivity index (χ2n) is 6.43. The number of nitrogens with zero attached hydrogens (tertiary/aromatic N) is 2. The van der Waals surface area contributed by atoms with E-state index in [0.717, 1.165) is 19.3 Å². The first kappa shape index (κ1) is 16.4. The molecule has 6 heteroatoms. The lowest BCUT2D eigenvalue weighted by molar-refractivity contribution is 0.101. The van der Waals surface area contributed by atoms with E-state index in [4.69, 9.17) is 4.42 Å². The average Bonchev–Trinajstić information content (AvgIpc) is 3.21. The summed E-state index contributed by atoms with van der Waals surface area (Å²) < 4.78 is 5.18. The number of ketones is 1. The van der Waals surface area contributed by atoms with Crippen LogP contribution in [0.4, 0.5) is 5.82 Å². The summed E-state index contributed by atoms with van der Waals surface area (Å²) in [5, 5.41) is 3.39. The van der Waals surface area contributed by atoms with Crippen molar-refractivity contribution in [2.75, 3.05) is 5.32 Å². The van der Waals surface area contributed by atoms with Crippen LogP contribution in [0.3, 0.4) is 0 Å². The van der Waals surface area contributed by atoms with Gasteiger partial charge in [0.25, 0.3) is 0 Å². The molecule has 3 rings (SSSR count). The summed E-state index contributed by atoms with van der Waals surface area (Å²) in [7, 11) is 0. The van der Waals surface area contributed by atoms with Crippen LogP contribution in [0, 0.1) is 11.8 Å². The minimum atomic E-state index is -0.329. The molecule has 1 aliphatic carbocycles. The maximum absolute atomic E-state index is 12.6. The highest BCUT2D eigenvalue weighted by atomic mass is 16.3. The lowest BCUT2D eigenvalue weighted by atomic mass is 9.96. The van der Waals surface area contributed by atoms with Crippen molar-refractivity contribution in [2.24, 2.45) is 11.8 Å². The van der Waals surface area contributed by atoms with Gasteiger partial charge in [-0.15, -0.1) is 0 Å². The second kappa shape index (κ2) is 6.95. The summed E-state index contributed by atoms with van der Waals surface area (Å²) in [4.78, 5) is 31.6. The number of carbonyl (C=O) groups excluding carboxylic acids is 2. The predicted molar refractivity (Wildman–Crippen MR) is 89.1 cm³/mol. The summed E-state index contributed by atoms with van der Waals surface area (Å²) in [6.45, 7) is 4.48. The summed E-state index contributed by atoms with van der Waals surface area (Å²) in [6.07, 6.45) is 8.12. The molecule has 0 spiro atoms. The minimum absolute atomic E-state index is 0.112. The Kier molecular flexibility index (Phi) is 4.74. The Hall–Kier alpha value is -2.50. The number of aldehydes is 1. The minimum Gasteiger partial charge on any atom is -0.460 e. The zero-order valence-electron chi connectivity index (χ0n) is 13.9. The van der Waals surface area contributed by atoms with Gasteiger partial charge >= 0.3 is 0 Å². The fourth-order valence-electron chi connectivity index (χ4n) is 3.49. The smallest absolute Gasteiger partial charge is 0.233 e. The van der Waals surface area contributed by atoms with Crippen molar-refractivity contribution < 1.29 is 14.0 Å². The van der Waals surface area contributed by atoms with E-state index in [0.29, 0.717) is 41.1 Å². The fourth-order valence-corrected chi connectivity index (χ4v) is 3.49. The highest BCUT2D eigenvalue weighted by molar-refractivity contribution is 6.10. The van der Waals surface area contributed by atoms with Crippen molar-refractivity contribution in [3.05, 3.63) is 41.7 Å². The van der Waals surface area contributed by atoms with Crippen LogP contribution in [0.1, 0.15) is 59.6 Å². The molecule has 24 heavy (non-hydrogen) atoms. The van der Waals surface area contributed by atoms with Crippen molar-refractivity contribution >= 4 is 17.9 Å². The molecule has 0 radical (unpaired) electrons. The van der Waals surface area contributed by atoms with Crippen molar-refractivity contribution in [1.82, 2.24) is 9.97 Å². The fraction of sp³-hybridized carbons (Fsp3) is 0.444. The van der Waals surface area contributed by atoms with E-state index in [9.17, 15) is 9.59 Å². The number of aromatic nitrogens is 2.